The molecule has 0 spiro atoms. The van der Waals surface area contributed by atoms with E-state index in [9.17, 15) is 13.2 Å². The number of fused-ring (bicyclic) bond motifs is 2. The zero-order chi connectivity index (χ0) is 23.7. The lowest BCUT2D eigenvalue weighted by Crippen LogP contribution is -2.44. The zero-order valence-corrected chi connectivity index (χ0v) is 20.0. The molecule has 0 unspecified atom stereocenters. The van der Waals surface area contributed by atoms with Gasteiger partial charge in [0, 0.05) is 32.1 Å². The topological polar surface area (TPSA) is 76.2 Å². The van der Waals surface area contributed by atoms with Gasteiger partial charge in [-0.25, -0.2) is 8.42 Å². The van der Waals surface area contributed by atoms with Crippen molar-refractivity contribution in [1.29, 1.82) is 0 Å². The van der Waals surface area contributed by atoms with E-state index in [2.05, 4.69) is 0 Å². The molecule has 0 aromatic heterocycles. The maximum absolute atomic E-state index is 13.2. The fourth-order valence-corrected chi connectivity index (χ4v) is 6.19. The number of sulfonamides is 1. The third kappa shape index (κ3) is 4.35. The van der Waals surface area contributed by atoms with E-state index in [0.29, 0.717) is 49.7 Å². The second-order valence-corrected chi connectivity index (χ2v) is 10.7. The first-order valence-corrected chi connectivity index (χ1v) is 13.1. The predicted octanol–water partition coefficient (Wildman–Crippen LogP) is 4.02. The van der Waals surface area contributed by atoms with Crippen LogP contribution in [0.25, 0.3) is 10.8 Å². The standard InChI is InChI=1S/C26H28N2O5S/c1-2-27(17-19-7-10-24-25(15-19)33-18-32-24)26(29)21-11-13-28(14-12-21)34(30,31)23-9-8-20-5-3-4-6-22(20)16-23/h3-10,15-16,21H,2,11-14,17-18H2,1H3. The van der Waals surface area contributed by atoms with Crippen molar-refractivity contribution >= 4 is 26.7 Å². The highest BCUT2D eigenvalue weighted by Gasteiger charge is 2.33. The molecule has 2 heterocycles. The number of carbonyl (C=O) groups excluding carboxylic acids is 1. The van der Waals surface area contributed by atoms with E-state index >= 15 is 0 Å². The molecule has 1 saturated heterocycles. The Morgan fingerprint density at radius 3 is 2.47 bits per heavy atom. The Kier molecular flexibility index (Phi) is 6.18. The first kappa shape index (κ1) is 22.7. The molecule has 2 aliphatic rings. The quantitative estimate of drug-likeness (QED) is 0.533. The Hall–Kier alpha value is -3.10. The Morgan fingerprint density at radius 2 is 1.71 bits per heavy atom. The van der Waals surface area contributed by atoms with Crippen LogP contribution in [0.2, 0.25) is 0 Å². The van der Waals surface area contributed by atoms with Gasteiger partial charge in [0.15, 0.2) is 11.5 Å². The molecule has 2 aliphatic heterocycles. The Morgan fingerprint density at radius 1 is 0.971 bits per heavy atom. The van der Waals surface area contributed by atoms with Crippen LogP contribution in [0, 0.1) is 5.92 Å². The highest BCUT2D eigenvalue weighted by atomic mass is 32.2. The molecule has 3 aromatic rings. The minimum absolute atomic E-state index is 0.0721. The number of carbonyl (C=O) groups is 1. The summed E-state index contributed by atoms with van der Waals surface area (Å²) in [5, 5.41) is 1.91. The van der Waals surface area contributed by atoms with Gasteiger partial charge < -0.3 is 14.4 Å². The lowest BCUT2D eigenvalue weighted by molar-refractivity contribution is -0.137. The normalized spacial score (nSPS) is 16.6. The average Bonchev–Trinajstić information content (AvgIpc) is 3.34. The summed E-state index contributed by atoms with van der Waals surface area (Å²) < 4.78 is 38.8. The Bertz CT molecular complexity index is 1320. The van der Waals surface area contributed by atoms with Crippen molar-refractivity contribution in [3.63, 3.8) is 0 Å². The summed E-state index contributed by atoms with van der Waals surface area (Å²) in [7, 11) is -3.60. The molecule has 178 valence electrons. The van der Waals surface area contributed by atoms with Crippen LogP contribution in [0.1, 0.15) is 25.3 Å². The molecular weight excluding hydrogens is 452 g/mol. The van der Waals surface area contributed by atoms with Crippen molar-refractivity contribution in [2.24, 2.45) is 5.92 Å². The fourth-order valence-electron chi connectivity index (χ4n) is 4.68. The third-order valence-corrected chi connectivity index (χ3v) is 8.56. The molecule has 1 fully saturated rings. The van der Waals surface area contributed by atoms with Crippen molar-refractivity contribution in [1.82, 2.24) is 9.21 Å². The van der Waals surface area contributed by atoms with Gasteiger partial charge in [-0.05, 0) is 60.4 Å². The monoisotopic (exact) mass is 480 g/mol. The molecule has 0 saturated carbocycles. The first-order chi connectivity index (χ1) is 16.5. The fraction of sp³-hybridized carbons (Fsp3) is 0.346. The SMILES string of the molecule is CCN(Cc1ccc2c(c1)OCO2)C(=O)C1CCN(S(=O)(=O)c2ccc3ccccc3c2)CC1. The maximum Gasteiger partial charge on any atom is 0.243 e. The van der Waals surface area contributed by atoms with Crippen molar-refractivity contribution in [3.8, 4) is 11.5 Å². The molecule has 0 radical (unpaired) electrons. The van der Waals surface area contributed by atoms with E-state index in [0.717, 1.165) is 22.1 Å². The summed E-state index contributed by atoms with van der Waals surface area (Å²) in [4.78, 5) is 15.4. The summed E-state index contributed by atoms with van der Waals surface area (Å²) in [6.45, 7) is 3.94. The van der Waals surface area contributed by atoms with Gasteiger partial charge in [0.25, 0.3) is 0 Å². The van der Waals surface area contributed by atoms with Crippen molar-refractivity contribution in [2.75, 3.05) is 26.4 Å². The summed E-state index contributed by atoms with van der Waals surface area (Å²) in [6.07, 6.45) is 1.03. The Labute approximate surface area is 199 Å². The predicted molar refractivity (Wildman–Crippen MR) is 129 cm³/mol. The Balaban J connectivity index is 1.24. The lowest BCUT2D eigenvalue weighted by atomic mass is 9.96. The molecule has 7 nitrogen and oxygen atoms in total. The van der Waals surface area contributed by atoms with E-state index in [4.69, 9.17) is 9.47 Å². The molecule has 3 aromatic carbocycles. The summed E-state index contributed by atoms with van der Waals surface area (Å²) in [5.74, 6) is 1.31. The number of nitrogens with zero attached hydrogens (tertiary/aromatic N) is 2. The molecule has 0 bridgehead atoms. The van der Waals surface area contributed by atoms with Crippen LogP contribution in [-0.4, -0.2) is 50.0 Å². The summed E-state index contributed by atoms with van der Waals surface area (Å²) >= 11 is 0. The van der Waals surface area contributed by atoms with Crippen LogP contribution in [0.15, 0.2) is 65.6 Å². The molecule has 0 aliphatic carbocycles. The molecule has 0 N–H and O–H groups in total. The van der Waals surface area contributed by atoms with E-state index < -0.39 is 10.0 Å². The third-order valence-electron chi connectivity index (χ3n) is 6.67. The second-order valence-electron chi connectivity index (χ2n) is 8.73. The van der Waals surface area contributed by atoms with E-state index in [1.807, 2.05) is 60.4 Å². The van der Waals surface area contributed by atoms with Gasteiger partial charge in [0.1, 0.15) is 0 Å². The van der Waals surface area contributed by atoms with Crippen LogP contribution < -0.4 is 9.47 Å². The minimum Gasteiger partial charge on any atom is -0.454 e. The number of hydrogen-bond donors (Lipinski definition) is 0. The average molecular weight is 481 g/mol. The van der Waals surface area contributed by atoms with E-state index in [1.54, 1.807) is 12.1 Å². The lowest BCUT2D eigenvalue weighted by Gasteiger charge is -2.33. The highest BCUT2D eigenvalue weighted by molar-refractivity contribution is 7.89. The minimum atomic E-state index is -3.60. The zero-order valence-electron chi connectivity index (χ0n) is 19.1. The van der Waals surface area contributed by atoms with E-state index in [1.165, 1.54) is 4.31 Å². The van der Waals surface area contributed by atoms with Crippen LogP contribution in [-0.2, 0) is 21.4 Å². The van der Waals surface area contributed by atoms with Crippen LogP contribution in [0.3, 0.4) is 0 Å². The van der Waals surface area contributed by atoms with Gasteiger partial charge in [-0.15, -0.1) is 0 Å². The number of piperidine rings is 1. The summed E-state index contributed by atoms with van der Waals surface area (Å²) in [5.41, 5.74) is 0.982. The van der Waals surface area contributed by atoms with Gasteiger partial charge in [0.05, 0.1) is 4.90 Å². The largest absolute Gasteiger partial charge is 0.454 e. The number of rotatable bonds is 6. The van der Waals surface area contributed by atoms with Crippen molar-refractivity contribution in [3.05, 3.63) is 66.2 Å². The van der Waals surface area contributed by atoms with Crippen molar-refractivity contribution in [2.45, 2.75) is 31.2 Å². The van der Waals surface area contributed by atoms with Gasteiger partial charge >= 0.3 is 0 Å². The number of hydrogen-bond acceptors (Lipinski definition) is 5. The molecule has 8 heteroatoms. The van der Waals surface area contributed by atoms with Gasteiger partial charge in [-0.2, -0.15) is 4.31 Å². The van der Waals surface area contributed by atoms with Crippen LogP contribution in [0.4, 0.5) is 0 Å². The molecule has 5 rings (SSSR count). The van der Waals surface area contributed by atoms with Gasteiger partial charge in [-0.1, -0.05) is 36.4 Å². The molecule has 1 amide bonds. The van der Waals surface area contributed by atoms with Crippen LogP contribution >= 0.6 is 0 Å². The summed E-state index contributed by atoms with van der Waals surface area (Å²) in [6, 6.07) is 18.7. The smallest absolute Gasteiger partial charge is 0.243 e. The maximum atomic E-state index is 13.2. The molecule has 0 atom stereocenters. The van der Waals surface area contributed by atoms with Gasteiger partial charge in [-0.3, -0.25) is 4.79 Å². The molecule has 34 heavy (non-hydrogen) atoms. The van der Waals surface area contributed by atoms with Gasteiger partial charge in [0.2, 0.25) is 22.7 Å². The number of ether oxygens (including phenoxy) is 2. The first-order valence-electron chi connectivity index (χ1n) is 11.6. The second kappa shape index (κ2) is 9.27. The molecular formula is C26H28N2O5S. The van der Waals surface area contributed by atoms with Crippen molar-refractivity contribution < 1.29 is 22.7 Å². The van der Waals surface area contributed by atoms with E-state index in [-0.39, 0.29) is 18.6 Å². The highest BCUT2D eigenvalue weighted by Crippen LogP contribution is 2.33. The number of amides is 1. The van der Waals surface area contributed by atoms with Crippen LogP contribution in [0.5, 0.6) is 11.5 Å². The number of benzene rings is 3.